The molecule has 0 aromatic carbocycles. The van der Waals surface area contributed by atoms with Crippen molar-refractivity contribution in [2.75, 3.05) is 18.5 Å². The maximum absolute atomic E-state index is 12.4. The monoisotopic (exact) mass is 276 g/mol. The Morgan fingerprint density at radius 1 is 1.40 bits per heavy atom. The average Bonchev–Trinajstić information content (AvgIpc) is 2.46. The van der Waals surface area contributed by atoms with Gasteiger partial charge in [-0.1, -0.05) is 20.8 Å². The maximum atomic E-state index is 12.4. The van der Waals surface area contributed by atoms with Gasteiger partial charge in [0.25, 0.3) is 5.91 Å². The number of amides is 1. The number of hydrazine groups is 1. The highest BCUT2D eigenvalue weighted by Crippen LogP contribution is 2.34. The lowest BCUT2D eigenvalue weighted by atomic mass is 9.75. The van der Waals surface area contributed by atoms with E-state index in [-0.39, 0.29) is 5.91 Å². The van der Waals surface area contributed by atoms with Gasteiger partial charge in [-0.15, -0.1) is 0 Å². The number of nitrogens with one attached hydrogen (secondary N) is 1. The third kappa shape index (κ3) is 3.28. The molecule has 1 amide bonds. The average molecular weight is 276 g/mol. The highest BCUT2D eigenvalue weighted by atomic mass is 16.2. The summed E-state index contributed by atoms with van der Waals surface area (Å²) in [5, 5.41) is 0. The molecule has 0 atom stereocenters. The number of nitrogens with two attached hydrogens (primary N) is 1. The molecule has 0 radical (unpaired) electrons. The van der Waals surface area contributed by atoms with Gasteiger partial charge in [0.05, 0.1) is 5.69 Å². The van der Waals surface area contributed by atoms with Gasteiger partial charge in [-0.25, -0.2) is 0 Å². The van der Waals surface area contributed by atoms with Gasteiger partial charge in [-0.05, 0) is 36.3 Å². The molecule has 0 spiro atoms. The number of nitrogens with zero attached hydrogens (tertiary/aromatic N) is 2. The molecule has 1 aromatic heterocycles. The van der Waals surface area contributed by atoms with E-state index in [2.05, 4.69) is 31.2 Å². The van der Waals surface area contributed by atoms with Gasteiger partial charge in [-0.3, -0.25) is 15.6 Å². The Balaban J connectivity index is 2.01. The fourth-order valence-electron chi connectivity index (χ4n) is 2.75. The van der Waals surface area contributed by atoms with Gasteiger partial charge in [0.15, 0.2) is 0 Å². The van der Waals surface area contributed by atoms with E-state index in [1.807, 2.05) is 4.90 Å². The topological polar surface area (TPSA) is 71.2 Å². The van der Waals surface area contributed by atoms with Crippen LogP contribution in [0.4, 0.5) is 5.69 Å². The van der Waals surface area contributed by atoms with Crippen molar-refractivity contribution in [3.63, 3.8) is 0 Å². The number of hydrogen-bond donors (Lipinski definition) is 2. The van der Waals surface area contributed by atoms with Crippen LogP contribution < -0.4 is 11.3 Å². The molecule has 5 nitrogen and oxygen atoms in total. The second kappa shape index (κ2) is 5.79. The molecule has 3 N–H and O–H groups in total. The number of hydrogen-bond acceptors (Lipinski definition) is 4. The largest absolute Gasteiger partial charge is 0.337 e. The molecule has 2 heterocycles. The number of pyridine rings is 1. The Morgan fingerprint density at radius 3 is 2.60 bits per heavy atom. The summed E-state index contributed by atoms with van der Waals surface area (Å²) in [5.74, 6) is 6.03. The van der Waals surface area contributed by atoms with Crippen LogP contribution in [0, 0.1) is 11.3 Å². The van der Waals surface area contributed by atoms with Crippen LogP contribution >= 0.6 is 0 Å². The second-order valence-corrected chi connectivity index (χ2v) is 6.51. The molecule has 1 aromatic rings. The minimum absolute atomic E-state index is 0.00513. The van der Waals surface area contributed by atoms with Crippen LogP contribution in [-0.2, 0) is 0 Å². The molecule has 0 saturated carbocycles. The Labute approximate surface area is 120 Å². The molecule has 1 aliphatic rings. The van der Waals surface area contributed by atoms with Gasteiger partial charge >= 0.3 is 0 Å². The summed E-state index contributed by atoms with van der Waals surface area (Å²) in [4.78, 5) is 18.5. The summed E-state index contributed by atoms with van der Waals surface area (Å²) < 4.78 is 0. The van der Waals surface area contributed by atoms with Crippen LogP contribution in [0.15, 0.2) is 18.3 Å². The zero-order valence-corrected chi connectivity index (χ0v) is 12.5. The highest BCUT2D eigenvalue weighted by Gasteiger charge is 2.30. The number of likely N-dealkylation sites (tertiary alicyclic amines) is 1. The molecule has 0 aliphatic carbocycles. The standard InChI is InChI=1S/C15H24N4O/c1-15(2,3)11-5-8-19(9-6-11)14(20)13-10-12(18-16)4-7-17-13/h4,7,10-11H,5-6,8-9,16H2,1-3H3,(H,17,18). The van der Waals surface area contributed by atoms with E-state index in [4.69, 9.17) is 5.84 Å². The van der Waals surface area contributed by atoms with Gasteiger partial charge in [0, 0.05) is 19.3 Å². The molecule has 2 rings (SSSR count). The van der Waals surface area contributed by atoms with Gasteiger partial charge < -0.3 is 10.3 Å². The zero-order chi connectivity index (χ0) is 14.8. The lowest BCUT2D eigenvalue weighted by Crippen LogP contribution is -2.41. The molecule has 20 heavy (non-hydrogen) atoms. The quantitative estimate of drug-likeness (QED) is 0.642. The van der Waals surface area contributed by atoms with Gasteiger partial charge in [-0.2, -0.15) is 0 Å². The number of carbonyl (C=O) groups excluding carboxylic acids is 1. The van der Waals surface area contributed by atoms with Crippen LogP contribution in [0.5, 0.6) is 0 Å². The van der Waals surface area contributed by atoms with Gasteiger partial charge in [0.2, 0.25) is 0 Å². The summed E-state index contributed by atoms with van der Waals surface area (Å²) >= 11 is 0. The number of nitrogen functional groups attached to an aromatic ring is 1. The number of rotatable bonds is 2. The summed E-state index contributed by atoms with van der Waals surface area (Å²) in [7, 11) is 0. The summed E-state index contributed by atoms with van der Waals surface area (Å²) in [6.07, 6.45) is 3.72. The fourth-order valence-corrected chi connectivity index (χ4v) is 2.75. The van der Waals surface area contributed by atoms with Crippen LogP contribution in [0.1, 0.15) is 44.1 Å². The predicted molar refractivity (Wildman–Crippen MR) is 80.1 cm³/mol. The first-order valence-corrected chi connectivity index (χ1v) is 7.14. The van der Waals surface area contributed by atoms with Crippen molar-refractivity contribution in [3.05, 3.63) is 24.0 Å². The Morgan fingerprint density at radius 2 is 2.05 bits per heavy atom. The van der Waals surface area contributed by atoms with Crippen molar-refractivity contribution in [2.45, 2.75) is 33.6 Å². The van der Waals surface area contributed by atoms with Crippen molar-refractivity contribution in [1.29, 1.82) is 0 Å². The predicted octanol–water partition coefficient (Wildman–Crippen LogP) is 2.27. The fraction of sp³-hybridized carbons (Fsp3) is 0.600. The smallest absolute Gasteiger partial charge is 0.272 e. The van der Waals surface area contributed by atoms with Gasteiger partial charge in [0.1, 0.15) is 5.69 Å². The molecule has 1 aliphatic heterocycles. The van der Waals surface area contributed by atoms with Crippen molar-refractivity contribution in [1.82, 2.24) is 9.88 Å². The van der Waals surface area contributed by atoms with Crippen molar-refractivity contribution < 1.29 is 4.79 Å². The number of anilines is 1. The van der Waals surface area contributed by atoms with E-state index in [1.165, 1.54) is 0 Å². The summed E-state index contributed by atoms with van der Waals surface area (Å²) in [6.45, 7) is 8.43. The molecule has 1 saturated heterocycles. The Hall–Kier alpha value is -1.62. The molecule has 0 unspecified atom stereocenters. The lowest BCUT2D eigenvalue weighted by Gasteiger charge is -2.38. The lowest BCUT2D eigenvalue weighted by molar-refractivity contribution is 0.0603. The normalized spacial score (nSPS) is 17.1. The Kier molecular flexibility index (Phi) is 4.28. The molecular weight excluding hydrogens is 252 g/mol. The summed E-state index contributed by atoms with van der Waals surface area (Å²) in [5.41, 5.74) is 4.01. The van der Waals surface area contributed by atoms with Crippen LogP contribution in [0.3, 0.4) is 0 Å². The second-order valence-electron chi connectivity index (χ2n) is 6.51. The minimum atomic E-state index is -0.00513. The third-order valence-corrected chi connectivity index (χ3v) is 4.15. The van der Waals surface area contributed by atoms with Crippen LogP contribution in [0.25, 0.3) is 0 Å². The van der Waals surface area contributed by atoms with E-state index >= 15 is 0 Å². The summed E-state index contributed by atoms with van der Waals surface area (Å²) in [6, 6.07) is 3.43. The molecule has 0 bridgehead atoms. The molecule has 5 heteroatoms. The number of piperidine rings is 1. The SMILES string of the molecule is CC(C)(C)C1CCN(C(=O)c2cc(NN)ccn2)CC1. The van der Waals surface area contributed by atoms with Crippen molar-refractivity contribution in [3.8, 4) is 0 Å². The van der Waals surface area contributed by atoms with Crippen molar-refractivity contribution >= 4 is 11.6 Å². The van der Waals surface area contributed by atoms with E-state index in [0.717, 1.165) is 25.9 Å². The zero-order valence-electron chi connectivity index (χ0n) is 12.5. The number of aromatic nitrogens is 1. The Bertz CT molecular complexity index is 473. The van der Waals surface area contributed by atoms with E-state index in [9.17, 15) is 4.79 Å². The highest BCUT2D eigenvalue weighted by molar-refractivity contribution is 5.93. The third-order valence-electron chi connectivity index (χ3n) is 4.15. The minimum Gasteiger partial charge on any atom is -0.337 e. The number of carbonyl (C=O) groups is 1. The maximum Gasteiger partial charge on any atom is 0.272 e. The van der Waals surface area contributed by atoms with E-state index in [1.54, 1.807) is 18.3 Å². The first-order chi connectivity index (χ1) is 9.41. The first kappa shape index (κ1) is 14.8. The molecule has 1 fully saturated rings. The van der Waals surface area contributed by atoms with Crippen LogP contribution in [-0.4, -0.2) is 28.9 Å². The first-order valence-electron chi connectivity index (χ1n) is 7.14. The van der Waals surface area contributed by atoms with Crippen LogP contribution in [0.2, 0.25) is 0 Å². The van der Waals surface area contributed by atoms with E-state index in [0.29, 0.717) is 22.7 Å². The molecule has 110 valence electrons. The van der Waals surface area contributed by atoms with E-state index < -0.39 is 0 Å². The van der Waals surface area contributed by atoms with Crippen molar-refractivity contribution in [2.24, 2.45) is 17.2 Å². The molecular formula is C15H24N4O.